The molecule has 0 spiro atoms. The predicted molar refractivity (Wildman–Crippen MR) is 114 cm³/mol. The summed E-state index contributed by atoms with van der Waals surface area (Å²) in [6.45, 7) is 3.76. The molecule has 2 aromatic carbocycles. The third-order valence-corrected chi connectivity index (χ3v) is 4.89. The molecule has 0 saturated carbocycles. The van der Waals surface area contributed by atoms with Crippen LogP contribution in [0.3, 0.4) is 0 Å². The fourth-order valence-corrected chi connectivity index (χ4v) is 3.45. The van der Waals surface area contributed by atoms with Gasteiger partial charge in [0.25, 0.3) is 11.5 Å². The number of hydrogen-bond acceptors (Lipinski definition) is 5. The van der Waals surface area contributed by atoms with Crippen molar-refractivity contribution in [3.05, 3.63) is 68.5 Å². The molecule has 0 aliphatic heterocycles. The van der Waals surface area contributed by atoms with E-state index >= 15 is 0 Å². The third-order valence-electron chi connectivity index (χ3n) is 4.23. The predicted octanol–water partition coefficient (Wildman–Crippen LogP) is 3.67. The number of carbonyl (C=O) groups excluding carboxylic acids is 2. The van der Waals surface area contributed by atoms with Crippen LogP contribution >= 0.6 is 15.9 Å². The second kappa shape index (κ2) is 9.00. The fraction of sp³-hybridized carbons (Fsp3) is 0.238. The fourth-order valence-electron chi connectivity index (χ4n) is 2.86. The van der Waals surface area contributed by atoms with Crippen molar-refractivity contribution in [3.63, 3.8) is 0 Å². The number of fused-ring (bicyclic) bond motifs is 1. The Kier molecular flexibility index (Phi) is 6.43. The largest absolute Gasteiger partial charge is 0.451 e. The van der Waals surface area contributed by atoms with E-state index in [4.69, 9.17) is 4.74 Å². The average molecular weight is 458 g/mol. The van der Waals surface area contributed by atoms with Crippen LogP contribution < -0.4 is 10.9 Å². The highest BCUT2D eigenvalue weighted by atomic mass is 79.9. The number of carbonyl (C=O) groups is 2. The number of nitrogens with one attached hydrogen (secondary N) is 1. The van der Waals surface area contributed by atoms with Crippen molar-refractivity contribution >= 4 is 44.3 Å². The Labute approximate surface area is 175 Å². The molecule has 0 unspecified atom stereocenters. The van der Waals surface area contributed by atoms with E-state index in [1.54, 1.807) is 30.3 Å². The highest BCUT2D eigenvalue weighted by molar-refractivity contribution is 9.10. The summed E-state index contributed by atoms with van der Waals surface area (Å²) in [6, 6.07) is 12.2. The van der Waals surface area contributed by atoms with Gasteiger partial charge in [-0.1, -0.05) is 31.2 Å². The van der Waals surface area contributed by atoms with Gasteiger partial charge in [0, 0.05) is 16.4 Å². The molecular formula is C21H20BrN3O4. The molecule has 29 heavy (non-hydrogen) atoms. The van der Waals surface area contributed by atoms with E-state index in [0.717, 1.165) is 10.0 Å². The maximum Gasteiger partial charge on any atom is 0.359 e. The van der Waals surface area contributed by atoms with E-state index in [2.05, 4.69) is 26.3 Å². The first kappa shape index (κ1) is 20.7. The summed E-state index contributed by atoms with van der Waals surface area (Å²) < 4.78 is 7.15. The molecule has 1 N–H and O–H groups in total. The van der Waals surface area contributed by atoms with Crippen LogP contribution in [0, 0.1) is 6.92 Å². The van der Waals surface area contributed by atoms with Crippen LogP contribution in [-0.4, -0.2) is 28.3 Å². The minimum Gasteiger partial charge on any atom is -0.451 e. The summed E-state index contributed by atoms with van der Waals surface area (Å²) in [6.07, 6.45) is 0.688. The Morgan fingerprint density at radius 1 is 1.17 bits per heavy atom. The first-order chi connectivity index (χ1) is 13.9. The monoisotopic (exact) mass is 457 g/mol. The number of halogens is 1. The lowest BCUT2D eigenvalue weighted by Gasteiger charge is -2.11. The van der Waals surface area contributed by atoms with Crippen molar-refractivity contribution in [2.45, 2.75) is 26.8 Å². The summed E-state index contributed by atoms with van der Waals surface area (Å²) in [4.78, 5) is 37.3. The number of esters is 1. The topological polar surface area (TPSA) is 90.3 Å². The van der Waals surface area contributed by atoms with Gasteiger partial charge >= 0.3 is 5.97 Å². The Morgan fingerprint density at radius 2 is 1.90 bits per heavy atom. The molecule has 0 bridgehead atoms. The standard InChI is InChI=1S/C21H20BrN3O4/c1-3-10-25-20(27)15-7-5-4-6-14(15)19(24-25)21(28)29-12-18(26)23-17-9-8-13(2)11-16(17)22/h4-9,11H,3,10,12H2,1-2H3,(H,23,26). The van der Waals surface area contributed by atoms with E-state index in [0.29, 0.717) is 29.4 Å². The highest BCUT2D eigenvalue weighted by Crippen LogP contribution is 2.23. The van der Waals surface area contributed by atoms with Gasteiger partial charge in [0.05, 0.1) is 11.1 Å². The number of aryl methyl sites for hydroxylation is 2. The first-order valence-electron chi connectivity index (χ1n) is 9.13. The highest BCUT2D eigenvalue weighted by Gasteiger charge is 2.19. The first-order valence-corrected chi connectivity index (χ1v) is 9.93. The lowest BCUT2D eigenvalue weighted by molar-refractivity contribution is -0.119. The molecule has 3 aromatic rings. The zero-order chi connectivity index (χ0) is 21.0. The number of ether oxygens (including phenoxy) is 1. The third kappa shape index (κ3) is 4.71. The van der Waals surface area contributed by atoms with Crippen LogP contribution in [0.25, 0.3) is 10.8 Å². The Hall–Kier alpha value is -3.00. The van der Waals surface area contributed by atoms with Gasteiger partial charge in [-0.2, -0.15) is 5.10 Å². The molecule has 0 fully saturated rings. The lowest BCUT2D eigenvalue weighted by atomic mass is 10.1. The number of hydrogen-bond donors (Lipinski definition) is 1. The number of benzene rings is 2. The van der Waals surface area contributed by atoms with E-state index in [1.165, 1.54) is 4.68 Å². The van der Waals surface area contributed by atoms with Crippen molar-refractivity contribution in [2.75, 3.05) is 11.9 Å². The van der Waals surface area contributed by atoms with Gasteiger partial charge in [0.2, 0.25) is 0 Å². The molecule has 1 amide bonds. The number of rotatable bonds is 6. The van der Waals surface area contributed by atoms with Crippen LogP contribution in [0.5, 0.6) is 0 Å². The molecule has 0 saturated heterocycles. The number of anilines is 1. The molecule has 0 aliphatic rings. The minimum absolute atomic E-state index is 0.0120. The Balaban J connectivity index is 1.78. The summed E-state index contributed by atoms with van der Waals surface area (Å²) in [5.74, 6) is -1.24. The minimum atomic E-state index is -0.760. The Bertz CT molecular complexity index is 1140. The van der Waals surface area contributed by atoms with Crippen LogP contribution in [0.15, 0.2) is 51.7 Å². The van der Waals surface area contributed by atoms with E-state index in [9.17, 15) is 14.4 Å². The van der Waals surface area contributed by atoms with Crippen molar-refractivity contribution in [2.24, 2.45) is 0 Å². The van der Waals surface area contributed by atoms with Gasteiger partial charge in [-0.3, -0.25) is 9.59 Å². The lowest BCUT2D eigenvalue weighted by Crippen LogP contribution is -2.27. The van der Waals surface area contributed by atoms with Crippen LogP contribution in [0.4, 0.5) is 5.69 Å². The quantitative estimate of drug-likeness (QED) is 0.570. The van der Waals surface area contributed by atoms with Crippen molar-refractivity contribution in [1.29, 1.82) is 0 Å². The summed E-state index contributed by atoms with van der Waals surface area (Å²) in [5, 5.41) is 7.63. The number of amides is 1. The second-order valence-corrected chi connectivity index (χ2v) is 7.38. The maximum atomic E-state index is 12.6. The second-order valence-electron chi connectivity index (χ2n) is 6.53. The zero-order valence-electron chi connectivity index (χ0n) is 16.1. The molecule has 8 heteroatoms. The van der Waals surface area contributed by atoms with E-state index in [1.807, 2.05) is 26.0 Å². The smallest absolute Gasteiger partial charge is 0.359 e. The summed E-state index contributed by atoms with van der Waals surface area (Å²) in [5.41, 5.74) is 1.37. The van der Waals surface area contributed by atoms with Crippen LogP contribution in [0.1, 0.15) is 29.4 Å². The van der Waals surface area contributed by atoms with Gasteiger partial charge in [0.1, 0.15) is 0 Å². The number of nitrogens with zero attached hydrogens (tertiary/aromatic N) is 2. The molecule has 1 heterocycles. The van der Waals surface area contributed by atoms with Gasteiger partial charge in [-0.15, -0.1) is 0 Å². The molecule has 150 valence electrons. The SMILES string of the molecule is CCCn1nc(C(=O)OCC(=O)Nc2ccc(C)cc2Br)c2ccccc2c1=O. The van der Waals surface area contributed by atoms with Gasteiger partial charge in [-0.25, -0.2) is 9.48 Å². The van der Waals surface area contributed by atoms with Crippen molar-refractivity contribution < 1.29 is 14.3 Å². The molecule has 0 aliphatic carbocycles. The summed E-state index contributed by atoms with van der Waals surface area (Å²) in [7, 11) is 0. The molecule has 0 radical (unpaired) electrons. The van der Waals surface area contributed by atoms with Crippen LogP contribution in [0.2, 0.25) is 0 Å². The van der Waals surface area contributed by atoms with Crippen molar-refractivity contribution in [1.82, 2.24) is 9.78 Å². The van der Waals surface area contributed by atoms with Gasteiger partial charge in [-0.05, 0) is 53.0 Å². The maximum absolute atomic E-state index is 12.6. The average Bonchev–Trinajstić information content (AvgIpc) is 2.70. The van der Waals surface area contributed by atoms with Gasteiger partial charge in [0.15, 0.2) is 12.3 Å². The number of aromatic nitrogens is 2. The van der Waals surface area contributed by atoms with E-state index < -0.39 is 18.5 Å². The van der Waals surface area contributed by atoms with E-state index in [-0.39, 0.29) is 11.3 Å². The zero-order valence-corrected chi connectivity index (χ0v) is 17.7. The molecular weight excluding hydrogens is 438 g/mol. The van der Waals surface area contributed by atoms with Gasteiger partial charge < -0.3 is 10.1 Å². The normalized spacial score (nSPS) is 10.7. The molecule has 3 rings (SSSR count). The van der Waals surface area contributed by atoms with Crippen molar-refractivity contribution in [3.8, 4) is 0 Å². The van der Waals surface area contributed by atoms with Crippen LogP contribution in [-0.2, 0) is 16.1 Å². The molecule has 7 nitrogen and oxygen atoms in total. The molecule has 0 atom stereocenters. The molecule has 1 aromatic heterocycles. The summed E-state index contributed by atoms with van der Waals surface area (Å²) >= 11 is 3.38. The Morgan fingerprint density at radius 3 is 2.59 bits per heavy atom.